The van der Waals surface area contributed by atoms with Crippen molar-refractivity contribution in [3.05, 3.63) is 47.9 Å². The molecule has 0 fully saturated rings. The Labute approximate surface area is 148 Å². The molecule has 0 aliphatic carbocycles. The summed E-state index contributed by atoms with van der Waals surface area (Å²) >= 11 is 0. The summed E-state index contributed by atoms with van der Waals surface area (Å²) in [5.74, 6) is -1.91. The number of nitrogens with zero attached hydrogens (tertiary/aromatic N) is 4. The molecule has 0 bridgehead atoms. The van der Waals surface area contributed by atoms with Gasteiger partial charge >= 0.3 is 0 Å². The Balaban J connectivity index is 1.68. The molecule has 7 nitrogen and oxygen atoms in total. The molecule has 9 heteroatoms. The number of anilines is 1. The topological polar surface area (TPSA) is 84.7 Å². The quantitative estimate of drug-likeness (QED) is 0.676. The second-order valence-corrected chi connectivity index (χ2v) is 5.61. The average Bonchev–Trinajstić information content (AvgIpc) is 3.03. The molecule has 0 radical (unpaired) electrons. The van der Waals surface area contributed by atoms with Crippen LogP contribution in [-0.4, -0.2) is 38.7 Å². The molecular weight excluding hydrogens is 342 g/mol. The average molecular weight is 360 g/mol. The molecule has 2 N–H and O–H groups in total. The van der Waals surface area contributed by atoms with Crippen molar-refractivity contribution in [1.29, 1.82) is 0 Å². The zero-order valence-corrected chi connectivity index (χ0v) is 14.2. The maximum absolute atomic E-state index is 13.6. The fourth-order valence-electron chi connectivity index (χ4n) is 2.52. The molecule has 0 atom stereocenters. The van der Waals surface area contributed by atoms with Crippen molar-refractivity contribution in [2.75, 3.05) is 18.4 Å². The Hall–Kier alpha value is -3.10. The zero-order chi connectivity index (χ0) is 18.5. The Bertz CT molecular complexity index is 907. The van der Waals surface area contributed by atoms with Gasteiger partial charge in [0.1, 0.15) is 29.3 Å². The number of benzene rings is 1. The molecule has 136 valence electrons. The highest BCUT2D eigenvalue weighted by molar-refractivity contribution is 5.94. The maximum atomic E-state index is 13.6. The van der Waals surface area contributed by atoms with Crippen LogP contribution < -0.4 is 10.6 Å². The van der Waals surface area contributed by atoms with Crippen molar-refractivity contribution in [3.63, 3.8) is 0 Å². The first-order valence-electron chi connectivity index (χ1n) is 8.24. The van der Waals surface area contributed by atoms with Crippen molar-refractivity contribution >= 4 is 22.8 Å². The molecule has 3 aromatic rings. The predicted octanol–water partition coefficient (Wildman–Crippen LogP) is 2.36. The summed E-state index contributed by atoms with van der Waals surface area (Å²) in [4.78, 5) is 20.4. The standard InChI is InChI=1S/C17H18F2N6O/c1-2-6-20-15-11-9-24-25(16(11)23-10-22-15)8-7-21-17(26)14-12(18)4-3-5-13(14)19/h3-5,9-10H,2,6-8H2,1H3,(H,21,26)(H,20,22,23). The van der Waals surface area contributed by atoms with E-state index in [1.807, 2.05) is 0 Å². The highest BCUT2D eigenvalue weighted by atomic mass is 19.1. The Morgan fingerprint density at radius 2 is 1.96 bits per heavy atom. The van der Waals surface area contributed by atoms with E-state index < -0.39 is 23.1 Å². The monoisotopic (exact) mass is 360 g/mol. The second-order valence-electron chi connectivity index (χ2n) is 5.61. The van der Waals surface area contributed by atoms with E-state index in [1.165, 1.54) is 12.4 Å². The van der Waals surface area contributed by atoms with Crippen molar-refractivity contribution in [2.24, 2.45) is 0 Å². The van der Waals surface area contributed by atoms with Crippen LogP contribution in [0.2, 0.25) is 0 Å². The predicted molar refractivity (Wildman–Crippen MR) is 92.8 cm³/mol. The minimum absolute atomic E-state index is 0.144. The third-order valence-corrected chi connectivity index (χ3v) is 3.78. The van der Waals surface area contributed by atoms with Gasteiger partial charge in [-0.25, -0.2) is 23.4 Å². The summed E-state index contributed by atoms with van der Waals surface area (Å²) in [6.45, 7) is 3.28. The number of halogens is 2. The summed E-state index contributed by atoms with van der Waals surface area (Å²) in [6.07, 6.45) is 4.04. The number of aromatic nitrogens is 4. The van der Waals surface area contributed by atoms with E-state index in [-0.39, 0.29) is 6.54 Å². The van der Waals surface area contributed by atoms with Crippen LogP contribution in [0.15, 0.2) is 30.7 Å². The van der Waals surface area contributed by atoms with Gasteiger partial charge in [-0.3, -0.25) is 4.79 Å². The van der Waals surface area contributed by atoms with Crippen LogP contribution in [-0.2, 0) is 6.54 Å². The number of carbonyl (C=O) groups is 1. The third kappa shape index (κ3) is 3.61. The van der Waals surface area contributed by atoms with Crippen molar-refractivity contribution < 1.29 is 13.6 Å². The van der Waals surface area contributed by atoms with E-state index in [1.54, 1.807) is 10.9 Å². The molecule has 0 spiro atoms. The van der Waals surface area contributed by atoms with Crippen LogP contribution in [0.4, 0.5) is 14.6 Å². The Kier molecular flexibility index (Phi) is 5.35. The fourth-order valence-corrected chi connectivity index (χ4v) is 2.52. The molecule has 3 rings (SSSR count). The molecule has 0 saturated carbocycles. The smallest absolute Gasteiger partial charge is 0.257 e. The molecule has 1 amide bonds. The highest BCUT2D eigenvalue weighted by Gasteiger charge is 2.16. The molecule has 0 saturated heterocycles. The summed E-state index contributed by atoms with van der Waals surface area (Å²) < 4.78 is 28.8. The van der Waals surface area contributed by atoms with Gasteiger partial charge in [-0.15, -0.1) is 0 Å². The zero-order valence-electron chi connectivity index (χ0n) is 14.2. The van der Waals surface area contributed by atoms with Crippen molar-refractivity contribution in [1.82, 2.24) is 25.1 Å². The first-order chi connectivity index (χ1) is 12.6. The van der Waals surface area contributed by atoms with E-state index in [9.17, 15) is 13.6 Å². The van der Waals surface area contributed by atoms with Gasteiger partial charge < -0.3 is 10.6 Å². The van der Waals surface area contributed by atoms with Crippen molar-refractivity contribution in [2.45, 2.75) is 19.9 Å². The normalized spacial score (nSPS) is 10.9. The fraction of sp³-hybridized carbons (Fsp3) is 0.294. The van der Waals surface area contributed by atoms with Gasteiger partial charge in [-0.1, -0.05) is 13.0 Å². The SMILES string of the molecule is CCCNc1ncnc2c1cnn2CCNC(=O)c1c(F)cccc1F. The van der Waals surface area contributed by atoms with Gasteiger partial charge in [-0.05, 0) is 18.6 Å². The number of amides is 1. The number of fused-ring (bicyclic) bond motifs is 1. The van der Waals surface area contributed by atoms with Crippen LogP contribution in [0.5, 0.6) is 0 Å². The number of hydrogen-bond acceptors (Lipinski definition) is 5. The minimum Gasteiger partial charge on any atom is -0.369 e. The minimum atomic E-state index is -0.897. The van der Waals surface area contributed by atoms with Gasteiger partial charge in [0.15, 0.2) is 5.65 Å². The molecular formula is C17H18F2N6O. The number of rotatable bonds is 7. The van der Waals surface area contributed by atoms with Crippen molar-refractivity contribution in [3.8, 4) is 0 Å². The highest BCUT2D eigenvalue weighted by Crippen LogP contribution is 2.18. The van der Waals surface area contributed by atoms with Crippen LogP contribution >= 0.6 is 0 Å². The van der Waals surface area contributed by atoms with Gasteiger partial charge in [0.2, 0.25) is 0 Å². The van der Waals surface area contributed by atoms with Crippen LogP contribution in [0.3, 0.4) is 0 Å². The summed E-state index contributed by atoms with van der Waals surface area (Å²) in [7, 11) is 0. The molecule has 2 heterocycles. The van der Waals surface area contributed by atoms with E-state index in [4.69, 9.17) is 0 Å². The summed E-state index contributed by atoms with van der Waals surface area (Å²) in [6, 6.07) is 3.29. The number of hydrogen-bond donors (Lipinski definition) is 2. The third-order valence-electron chi connectivity index (χ3n) is 3.78. The second kappa shape index (κ2) is 7.85. The number of nitrogens with one attached hydrogen (secondary N) is 2. The molecule has 1 aromatic carbocycles. The lowest BCUT2D eigenvalue weighted by atomic mass is 10.2. The lowest BCUT2D eigenvalue weighted by Gasteiger charge is -2.08. The molecule has 26 heavy (non-hydrogen) atoms. The first kappa shape index (κ1) is 17.7. The molecule has 0 aliphatic rings. The Morgan fingerprint density at radius 1 is 1.19 bits per heavy atom. The Morgan fingerprint density at radius 3 is 2.69 bits per heavy atom. The van der Waals surface area contributed by atoms with Crippen LogP contribution in [0, 0.1) is 11.6 Å². The van der Waals surface area contributed by atoms with Gasteiger partial charge in [0.05, 0.1) is 18.1 Å². The summed E-state index contributed by atoms with van der Waals surface area (Å²) in [5, 5.41) is 10.7. The van der Waals surface area contributed by atoms with E-state index in [2.05, 4.69) is 32.6 Å². The molecule has 0 aliphatic heterocycles. The molecule has 2 aromatic heterocycles. The first-order valence-corrected chi connectivity index (χ1v) is 8.24. The van der Waals surface area contributed by atoms with E-state index >= 15 is 0 Å². The maximum Gasteiger partial charge on any atom is 0.257 e. The van der Waals surface area contributed by atoms with Gasteiger partial charge in [0.25, 0.3) is 5.91 Å². The van der Waals surface area contributed by atoms with Crippen LogP contribution in [0.1, 0.15) is 23.7 Å². The van der Waals surface area contributed by atoms with Crippen LogP contribution in [0.25, 0.3) is 11.0 Å². The number of carbonyl (C=O) groups excluding carboxylic acids is 1. The van der Waals surface area contributed by atoms with Gasteiger partial charge in [-0.2, -0.15) is 5.10 Å². The summed E-state index contributed by atoms with van der Waals surface area (Å²) in [5.41, 5.74) is 0.0242. The van der Waals surface area contributed by atoms with Gasteiger partial charge in [0, 0.05) is 13.1 Å². The molecule has 0 unspecified atom stereocenters. The van der Waals surface area contributed by atoms with E-state index in [0.29, 0.717) is 18.0 Å². The largest absolute Gasteiger partial charge is 0.369 e. The lowest BCUT2D eigenvalue weighted by Crippen LogP contribution is -2.29. The lowest BCUT2D eigenvalue weighted by molar-refractivity contribution is 0.0943. The van der Waals surface area contributed by atoms with E-state index in [0.717, 1.165) is 30.5 Å².